The molecule has 0 amide bonds. The predicted octanol–water partition coefficient (Wildman–Crippen LogP) is 3.58. The van der Waals surface area contributed by atoms with Gasteiger partial charge in [0.25, 0.3) is 0 Å². The van der Waals surface area contributed by atoms with Crippen molar-refractivity contribution in [2.24, 2.45) is 23.7 Å². The number of hydrogen-bond donors (Lipinski definition) is 1. The van der Waals surface area contributed by atoms with E-state index in [-0.39, 0.29) is 5.92 Å². The van der Waals surface area contributed by atoms with Crippen LogP contribution >= 0.6 is 0 Å². The minimum atomic E-state index is -0.599. The Morgan fingerprint density at radius 2 is 2.11 bits per heavy atom. The maximum atomic E-state index is 11.3. The third-order valence-electron chi connectivity index (χ3n) is 4.35. The zero-order valence-electron chi connectivity index (χ0n) is 12.0. The lowest BCUT2D eigenvalue weighted by atomic mass is 9.69. The molecule has 1 N–H and O–H groups in total. The number of carboxylic acids is 1. The molecular formula is C15H28O3. The van der Waals surface area contributed by atoms with E-state index in [4.69, 9.17) is 4.74 Å². The highest BCUT2D eigenvalue weighted by Gasteiger charge is 2.35. The fraction of sp³-hybridized carbons (Fsp3) is 0.933. The SMILES string of the molecule is CCOCCCC1CC(C(C)C)CCC1C(=O)O. The molecule has 18 heavy (non-hydrogen) atoms. The average molecular weight is 256 g/mol. The number of carboxylic acid groups (broad SMARTS) is 1. The Bertz CT molecular complexity index is 250. The molecule has 3 nitrogen and oxygen atoms in total. The molecule has 0 aliphatic heterocycles. The minimum absolute atomic E-state index is 0.123. The molecule has 1 fully saturated rings. The zero-order chi connectivity index (χ0) is 13.5. The number of ether oxygens (including phenoxy) is 1. The summed E-state index contributed by atoms with van der Waals surface area (Å²) >= 11 is 0. The second-order valence-corrected chi connectivity index (χ2v) is 5.86. The van der Waals surface area contributed by atoms with Crippen molar-refractivity contribution in [2.45, 2.75) is 52.9 Å². The molecule has 0 bridgehead atoms. The second-order valence-electron chi connectivity index (χ2n) is 5.86. The second kappa shape index (κ2) is 7.78. The molecule has 0 radical (unpaired) electrons. The molecule has 0 spiro atoms. The summed E-state index contributed by atoms with van der Waals surface area (Å²) in [4.78, 5) is 11.3. The molecule has 1 aliphatic carbocycles. The van der Waals surface area contributed by atoms with Crippen LogP contribution in [0, 0.1) is 23.7 Å². The van der Waals surface area contributed by atoms with Gasteiger partial charge in [-0.15, -0.1) is 0 Å². The topological polar surface area (TPSA) is 46.5 Å². The molecule has 0 heterocycles. The Balaban J connectivity index is 2.47. The number of rotatable bonds is 7. The molecule has 3 heteroatoms. The third kappa shape index (κ3) is 4.60. The van der Waals surface area contributed by atoms with Gasteiger partial charge in [0.05, 0.1) is 5.92 Å². The minimum Gasteiger partial charge on any atom is -0.481 e. The first kappa shape index (κ1) is 15.5. The van der Waals surface area contributed by atoms with Gasteiger partial charge in [-0.1, -0.05) is 13.8 Å². The van der Waals surface area contributed by atoms with Crippen LogP contribution < -0.4 is 0 Å². The smallest absolute Gasteiger partial charge is 0.306 e. The highest BCUT2D eigenvalue weighted by molar-refractivity contribution is 5.70. The van der Waals surface area contributed by atoms with Crippen LogP contribution in [0.3, 0.4) is 0 Å². The first-order valence-corrected chi connectivity index (χ1v) is 7.36. The van der Waals surface area contributed by atoms with E-state index in [0.717, 1.165) is 45.3 Å². The Hall–Kier alpha value is -0.570. The molecule has 106 valence electrons. The predicted molar refractivity (Wildman–Crippen MR) is 72.5 cm³/mol. The number of carbonyl (C=O) groups is 1. The molecule has 1 saturated carbocycles. The normalized spacial score (nSPS) is 28.6. The fourth-order valence-corrected chi connectivity index (χ4v) is 3.14. The van der Waals surface area contributed by atoms with Crippen LogP contribution in [0.1, 0.15) is 52.9 Å². The van der Waals surface area contributed by atoms with Crippen LogP contribution in [0.25, 0.3) is 0 Å². The van der Waals surface area contributed by atoms with Crippen molar-refractivity contribution >= 4 is 5.97 Å². The monoisotopic (exact) mass is 256 g/mol. The largest absolute Gasteiger partial charge is 0.481 e. The summed E-state index contributed by atoms with van der Waals surface area (Å²) in [5, 5.41) is 9.30. The van der Waals surface area contributed by atoms with Crippen molar-refractivity contribution in [1.29, 1.82) is 0 Å². The van der Waals surface area contributed by atoms with Gasteiger partial charge in [-0.25, -0.2) is 0 Å². The highest BCUT2D eigenvalue weighted by atomic mass is 16.5. The lowest BCUT2D eigenvalue weighted by molar-refractivity contribution is -0.145. The van der Waals surface area contributed by atoms with E-state index in [1.165, 1.54) is 0 Å². The summed E-state index contributed by atoms with van der Waals surface area (Å²) in [7, 11) is 0. The zero-order valence-corrected chi connectivity index (χ0v) is 12.0. The molecule has 0 aromatic carbocycles. The van der Waals surface area contributed by atoms with Crippen molar-refractivity contribution in [3.63, 3.8) is 0 Å². The molecule has 0 saturated heterocycles. The summed E-state index contributed by atoms with van der Waals surface area (Å²) in [6.07, 6.45) is 5.02. The molecule has 3 unspecified atom stereocenters. The van der Waals surface area contributed by atoms with Gasteiger partial charge in [-0.05, 0) is 56.8 Å². The first-order valence-electron chi connectivity index (χ1n) is 7.36. The van der Waals surface area contributed by atoms with Crippen LogP contribution in [0.2, 0.25) is 0 Å². The van der Waals surface area contributed by atoms with Crippen LogP contribution in [0.5, 0.6) is 0 Å². The van der Waals surface area contributed by atoms with Gasteiger partial charge in [0, 0.05) is 13.2 Å². The van der Waals surface area contributed by atoms with Crippen molar-refractivity contribution in [2.75, 3.05) is 13.2 Å². The summed E-state index contributed by atoms with van der Waals surface area (Å²) in [5.74, 6) is 1.01. The van der Waals surface area contributed by atoms with Crippen molar-refractivity contribution in [1.82, 2.24) is 0 Å². The van der Waals surface area contributed by atoms with E-state index >= 15 is 0 Å². The van der Waals surface area contributed by atoms with E-state index in [0.29, 0.717) is 17.8 Å². The van der Waals surface area contributed by atoms with E-state index in [1.807, 2.05) is 6.92 Å². The van der Waals surface area contributed by atoms with Crippen LogP contribution in [0.15, 0.2) is 0 Å². The maximum absolute atomic E-state index is 11.3. The summed E-state index contributed by atoms with van der Waals surface area (Å²) < 4.78 is 5.35. The van der Waals surface area contributed by atoms with E-state index in [2.05, 4.69) is 13.8 Å². The van der Waals surface area contributed by atoms with Gasteiger partial charge in [-0.3, -0.25) is 4.79 Å². The fourth-order valence-electron chi connectivity index (χ4n) is 3.14. The summed E-state index contributed by atoms with van der Waals surface area (Å²) in [6.45, 7) is 8.02. The number of hydrogen-bond acceptors (Lipinski definition) is 2. The van der Waals surface area contributed by atoms with Crippen molar-refractivity contribution < 1.29 is 14.6 Å². The van der Waals surface area contributed by atoms with Crippen molar-refractivity contribution in [3.05, 3.63) is 0 Å². The van der Waals surface area contributed by atoms with Gasteiger partial charge in [0.2, 0.25) is 0 Å². The molecule has 1 aliphatic rings. The molecular weight excluding hydrogens is 228 g/mol. The Kier molecular flexibility index (Phi) is 6.69. The van der Waals surface area contributed by atoms with Crippen LogP contribution in [-0.4, -0.2) is 24.3 Å². The van der Waals surface area contributed by atoms with Gasteiger partial charge in [0.15, 0.2) is 0 Å². The quantitative estimate of drug-likeness (QED) is 0.708. The van der Waals surface area contributed by atoms with E-state index in [9.17, 15) is 9.90 Å². The molecule has 0 aromatic heterocycles. The summed E-state index contributed by atoms with van der Waals surface area (Å²) in [5.41, 5.74) is 0. The van der Waals surface area contributed by atoms with Gasteiger partial charge in [-0.2, -0.15) is 0 Å². The maximum Gasteiger partial charge on any atom is 0.306 e. The number of aliphatic carboxylic acids is 1. The van der Waals surface area contributed by atoms with Gasteiger partial charge >= 0.3 is 5.97 Å². The highest BCUT2D eigenvalue weighted by Crippen LogP contribution is 2.39. The van der Waals surface area contributed by atoms with Crippen molar-refractivity contribution in [3.8, 4) is 0 Å². The Morgan fingerprint density at radius 3 is 2.67 bits per heavy atom. The average Bonchev–Trinajstić information content (AvgIpc) is 2.34. The van der Waals surface area contributed by atoms with Crippen LogP contribution in [0.4, 0.5) is 0 Å². The summed E-state index contributed by atoms with van der Waals surface area (Å²) in [6, 6.07) is 0. The lowest BCUT2D eigenvalue weighted by Gasteiger charge is -2.36. The molecule has 3 atom stereocenters. The first-order chi connectivity index (χ1) is 8.56. The molecule has 0 aromatic rings. The van der Waals surface area contributed by atoms with Crippen LogP contribution in [-0.2, 0) is 9.53 Å². The van der Waals surface area contributed by atoms with E-state index in [1.54, 1.807) is 0 Å². The third-order valence-corrected chi connectivity index (χ3v) is 4.35. The Labute approximate surface area is 111 Å². The van der Waals surface area contributed by atoms with E-state index < -0.39 is 5.97 Å². The molecule has 1 rings (SSSR count). The lowest BCUT2D eigenvalue weighted by Crippen LogP contribution is -2.32. The standard InChI is InChI=1S/C15H28O3/c1-4-18-9-5-6-13-10-12(11(2)3)7-8-14(13)15(16)17/h11-14H,4-10H2,1-3H3,(H,16,17). The van der Waals surface area contributed by atoms with Gasteiger partial charge in [0.1, 0.15) is 0 Å². The van der Waals surface area contributed by atoms with Gasteiger partial charge < -0.3 is 9.84 Å². The Morgan fingerprint density at radius 1 is 1.39 bits per heavy atom.